The second-order valence-corrected chi connectivity index (χ2v) is 12.7. The van der Waals surface area contributed by atoms with Gasteiger partial charge in [0.1, 0.15) is 22.8 Å². The third-order valence-corrected chi connectivity index (χ3v) is 9.93. The SMILES string of the molecule is C=C1C2=C(O)[C@]3(C)C(=O)C(C(N)=O)=C(O)C[C@@H]3C[C@@H]2Cc2c(-c3ccc(CNCCc4ccc(Cl)cc4)cc3)ccc(O)c21. The molecule has 226 valence electrons. The number of nitrogens with two attached hydrogens (primary N) is 1. The van der Waals surface area contributed by atoms with E-state index in [1.54, 1.807) is 13.0 Å². The summed E-state index contributed by atoms with van der Waals surface area (Å²) in [7, 11) is 0. The topological polar surface area (TPSA) is 133 Å². The van der Waals surface area contributed by atoms with E-state index in [2.05, 4.69) is 36.2 Å². The first-order chi connectivity index (χ1) is 21.0. The minimum absolute atomic E-state index is 0.0478. The molecule has 0 saturated heterocycles. The zero-order valence-electron chi connectivity index (χ0n) is 24.5. The van der Waals surface area contributed by atoms with Crippen molar-refractivity contribution in [3.05, 3.63) is 117 Å². The van der Waals surface area contributed by atoms with Crippen LogP contribution in [0.15, 0.2) is 89.9 Å². The molecular weight excluding hydrogens is 576 g/mol. The zero-order chi connectivity index (χ0) is 31.3. The molecule has 0 aliphatic heterocycles. The van der Waals surface area contributed by atoms with Crippen molar-refractivity contribution < 1.29 is 24.9 Å². The van der Waals surface area contributed by atoms with Crippen molar-refractivity contribution in [2.75, 3.05) is 6.54 Å². The fraction of sp³-hybridized carbons (Fsp3) is 0.278. The van der Waals surface area contributed by atoms with Crippen LogP contribution in [0.3, 0.4) is 0 Å². The number of nitrogens with one attached hydrogen (secondary N) is 1. The van der Waals surface area contributed by atoms with Crippen LogP contribution in [-0.4, -0.2) is 33.6 Å². The summed E-state index contributed by atoms with van der Waals surface area (Å²) in [5.74, 6) is -2.74. The van der Waals surface area contributed by atoms with Gasteiger partial charge in [0.25, 0.3) is 5.91 Å². The third kappa shape index (κ3) is 4.90. The number of carbonyl (C=O) groups is 2. The highest BCUT2D eigenvalue weighted by atomic mass is 35.5. The van der Waals surface area contributed by atoms with E-state index < -0.39 is 28.6 Å². The Bertz CT molecular complexity index is 1760. The van der Waals surface area contributed by atoms with Gasteiger partial charge >= 0.3 is 0 Å². The highest BCUT2D eigenvalue weighted by Gasteiger charge is 2.56. The molecule has 0 saturated carbocycles. The smallest absolute Gasteiger partial charge is 0.255 e. The number of Topliss-reactive ketones (excluding diaryl/α,β-unsaturated/α-hetero) is 1. The average molecular weight is 611 g/mol. The maximum atomic E-state index is 13.5. The van der Waals surface area contributed by atoms with Crippen molar-refractivity contribution in [1.82, 2.24) is 5.32 Å². The number of phenols is 1. The number of allylic oxidation sites excluding steroid dienone is 4. The van der Waals surface area contributed by atoms with Crippen molar-refractivity contribution in [3.63, 3.8) is 0 Å². The quantitative estimate of drug-likeness (QED) is 0.157. The Morgan fingerprint density at radius 2 is 1.70 bits per heavy atom. The number of hydrogen-bond acceptors (Lipinski definition) is 6. The number of aliphatic hydroxyl groups excluding tert-OH is 2. The van der Waals surface area contributed by atoms with E-state index in [1.807, 2.05) is 30.3 Å². The van der Waals surface area contributed by atoms with Crippen molar-refractivity contribution in [3.8, 4) is 16.9 Å². The van der Waals surface area contributed by atoms with Crippen LogP contribution in [0.25, 0.3) is 16.7 Å². The van der Waals surface area contributed by atoms with Gasteiger partial charge in [-0.15, -0.1) is 0 Å². The summed E-state index contributed by atoms with van der Waals surface area (Å²) in [5.41, 5.74) is 10.3. The maximum Gasteiger partial charge on any atom is 0.255 e. The molecule has 0 heterocycles. The van der Waals surface area contributed by atoms with Gasteiger partial charge in [0.2, 0.25) is 0 Å². The Kier molecular flexibility index (Phi) is 7.64. The highest BCUT2D eigenvalue weighted by molar-refractivity contribution is 6.30. The van der Waals surface area contributed by atoms with E-state index in [1.165, 1.54) is 5.56 Å². The monoisotopic (exact) mass is 610 g/mol. The fourth-order valence-electron chi connectivity index (χ4n) is 7.25. The molecule has 3 aromatic rings. The molecule has 3 aliphatic rings. The van der Waals surface area contributed by atoms with E-state index in [4.69, 9.17) is 17.3 Å². The van der Waals surface area contributed by atoms with E-state index in [-0.39, 0.29) is 29.6 Å². The summed E-state index contributed by atoms with van der Waals surface area (Å²) in [4.78, 5) is 25.5. The highest BCUT2D eigenvalue weighted by Crippen LogP contribution is 2.58. The van der Waals surface area contributed by atoms with Gasteiger partial charge in [0.15, 0.2) is 5.78 Å². The Morgan fingerprint density at radius 1 is 1.02 bits per heavy atom. The molecule has 3 atom stereocenters. The molecule has 6 rings (SSSR count). The van der Waals surface area contributed by atoms with Crippen molar-refractivity contribution in [1.29, 1.82) is 0 Å². The van der Waals surface area contributed by atoms with Gasteiger partial charge < -0.3 is 26.4 Å². The van der Waals surface area contributed by atoms with Crippen LogP contribution in [0.4, 0.5) is 0 Å². The molecule has 0 radical (unpaired) electrons. The standard InChI is InChI=1S/C36H35ClN2O5/c1-19-30-23(15-24-17-29(41)32(35(38)44)34(43)36(24,2)33(30)42)16-27-26(11-12-28(40)31(19)27)22-7-3-21(4-8-22)18-39-14-13-20-5-9-25(37)10-6-20/h3-12,23-24,39-42H,1,13-18H2,2H3,(H2,38,44)/t23-,24+,36-/m1/s1. The lowest BCUT2D eigenvalue weighted by atomic mass is 9.55. The average Bonchev–Trinajstić information content (AvgIpc) is 2.98. The summed E-state index contributed by atoms with van der Waals surface area (Å²) >= 11 is 5.97. The number of aliphatic hydroxyl groups is 2. The van der Waals surface area contributed by atoms with Gasteiger partial charge in [-0.1, -0.05) is 60.6 Å². The van der Waals surface area contributed by atoms with Gasteiger partial charge in [-0.3, -0.25) is 9.59 Å². The summed E-state index contributed by atoms with van der Waals surface area (Å²) in [6, 6.07) is 19.7. The van der Waals surface area contributed by atoms with E-state index in [0.29, 0.717) is 29.6 Å². The normalized spacial score (nSPS) is 22.9. The first kappa shape index (κ1) is 29.7. The molecule has 8 heteroatoms. The van der Waals surface area contributed by atoms with E-state index in [0.717, 1.165) is 46.8 Å². The van der Waals surface area contributed by atoms with Crippen LogP contribution >= 0.6 is 11.6 Å². The van der Waals surface area contributed by atoms with Crippen LogP contribution in [0.5, 0.6) is 5.75 Å². The van der Waals surface area contributed by atoms with Crippen molar-refractivity contribution in [2.45, 2.75) is 39.2 Å². The predicted molar refractivity (Wildman–Crippen MR) is 171 cm³/mol. The van der Waals surface area contributed by atoms with Crippen LogP contribution in [-0.2, 0) is 29.0 Å². The van der Waals surface area contributed by atoms with Gasteiger partial charge in [-0.2, -0.15) is 0 Å². The summed E-state index contributed by atoms with van der Waals surface area (Å²) in [5, 5.41) is 37.4. The predicted octanol–water partition coefficient (Wildman–Crippen LogP) is 6.34. The number of amides is 1. The lowest BCUT2D eigenvalue weighted by molar-refractivity contribution is -0.131. The molecule has 0 spiro atoms. The number of aromatic hydroxyl groups is 1. The Labute approximate surface area is 261 Å². The molecule has 3 aliphatic carbocycles. The molecular formula is C36H35ClN2O5. The first-order valence-corrected chi connectivity index (χ1v) is 15.2. The minimum Gasteiger partial charge on any atom is -0.511 e. The number of ketones is 1. The molecule has 7 nitrogen and oxygen atoms in total. The van der Waals surface area contributed by atoms with Crippen LogP contribution in [0.2, 0.25) is 5.02 Å². The molecule has 1 amide bonds. The van der Waals surface area contributed by atoms with E-state index in [9.17, 15) is 24.9 Å². The number of halogens is 1. The lowest BCUT2D eigenvalue weighted by Crippen LogP contribution is -2.49. The second kappa shape index (κ2) is 11.3. The molecule has 3 aromatic carbocycles. The Hall–Kier alpha value is -4.33. The molecule has 6 N–H and O–H groups in total. The molecule has 44 heavy (non-hydrogen) atoms. The summed E-state index contributed by atoms with van der Waals surface area (Å²) in [6.45, 7) is 7.44. The molecule has 0 aromatic heterocycles. The molecule has 0 bridgehead atoms. The number of rotatable bonds is 7. The van der Waals surface area contributed by atoms with E-state index >= 15 is 0 Å². The van der Waals surface area contributed by atoms with Gasteiger partial charge in [0.05, 0.1) is 5.41 Å². The van der Waals surface area contributed by atoms with Gasteiger partial charge in [-0.05, 0) is 96.2 Å². The van der Waals surface area contributed by atoms with Crippen LogP contribution < -0.4 is 11.1 Å². The number of carbonyl (C=O) groups excluding carboxylic acids is 2. The minimum atomic E-state index is -1.42. The van der Waals surface area contributed by atoms with Gasteiger partial charge in [-0.25, -0.2) is 0 Å². The number of primary amides is 1. The third-order valence-electron chi connectivity index (χ3n) is 9.68. The molecule has 0 unspecified atom stereocenters. The van der Waals surface area contributed by atoms with Crippen molar-refractivity contribution >= 4 is 28.9 Å². The number of benzene rings is 3. The number of fused-ring (bicyclic) bond motifs is 3. The van der Waals surface area contributed by atoms with Gasteiger partial charge in [0, 0.05) is 29.1 Å². The zero-order valence-corrected chi connectivity index (χ0v) is 25.2. The summed E-state index contributed by atoms with van der Waals surface area (Å²) in [6.07, 6.45) is 1.98. The summed E-state index contributed by atoms with van der Waals surface area (Å²) < 4.78 is 0. The number of hydrogen-bond donors (Lipinski definition) is 5. The Morgan fingerprint density at radius 3 is 2.39 bits per heavy atom. The molecule has 0 fully saturated rings. The second-order valence-electron chi connectivity index (χ2n) is 12.2. The van der Waals surface area contributed by atoms with Crippen molar-refractivity contribution in [2.24, 2.45) is 23.0 Å². The Balaban J connectivity index is 1.26. The largest absolute Gasteiger partial charge is 0.511 e. The maximum absolute atomic E-state index is 13.5. The van der Waals surface area contributed by atoms with Crippen LogP contribution in [0.1, 0.15) is 42.0 Å². The van der Waals surface area contributed by atoms with Crippen LogP contribution in [0, 0.1) is 17.3 Å². The lowest BCUT2D eigenvalue weighted by Gasteiger charge is -2.48. The fourth-order valence-corrected chi connectivity index (χ4v) is 7.38. The first-order valence-electron chi connectivity index (χ1n) is 14.8. The number of phenolic OH excluding ortho intramolecular Hbond substituents is 1.